The van der Waals surface area contributed by atoms with E-state index in [0.29, 0.717) is 44.3 Å². The number of amides is 7. The second-order valence-electron chi connectivity index (χ2n) is 24.3. The number of aliphatic hydroxyl groups is 4. The van der Waals surface area contributed by atoms with Crippen molar-refractivity contribution in [1.29, 1.82) is 0 Å². The number of unbranched alkanes of at least 4 members (excludes halogenated alkanes) is 1. The van der Waals surface area contributed by atoms with Gasteiger partial charge in [0.25, 0.3) is 0 Å². The SMILES string of the molecule is CC[C@H](C)[C@@H]([C@@H](CC(=O)N1CCCC1[C@H](OC)[C@@H](C)C(=O)N[C@H](C)[C@@H](O)c1ccccc1)OC)N(C)C(=O)[C@@H](NC(=O)[C@H](C(C)C)N(C)C(=O)OCc1ccc(O[C@@H]2O[C@H](C(=O)O)[C@@H](O)[C@H](O)[C@H]2O)c(NC(=O)CCNC(=O)[C@H](C)CCCCN)c1)C(C)C. The first kappa shape index (κ1) is 74.9. The van der Waals surface area contributed by atoms with Gasteiger partial charge in [-0.15, -0.1) is 0 Å². The van der Waals surface area contributed by atoms with Gasteiger partial charge in [-0.2, -0.15) is 0 Å². The largest absolute Gasteiger partial charge is 0.479 e. The number of carbonyl (C=O) groups excluding carboxylic acids is 7. The van der Waals surface area contributed by atoms with Crippen LogP contribution in [-0.4, -0.2) is 209 Å². The monoisotopic (exact) mass is 1260 g/mol. The quantitative estimate of drug-likeness (QED) is 0.0450. The van der Waals surface area contributed by atoms with Gasteiger partial charge >= 0.3 is 12.1 Å². The number of likely N-dealkylation sites (N-methyl/N-ethyl adjacent to an activating group) is 2. The molecule has 0 aromatic heterocycles. The van der Waals surface area contributed by atoms with Crippen LogP contribution in [0, 0.1) is 29.6 Å². The van der Waals surface area contributed by atoms with Gasteiger partial charge in [0, 0.05) is 53.7 Å². The Kier molecular flexibility index (Phi) is 30.1. The minimum Gasteiger partial charge on any atom is -0.479 e. The van der Waals surface area contributed by atoms with Gasteiger partial charge in [-0.3, -0.25) is 33.7 Å². The lowest BCUT2D eigenvalue weighted by molar-refractivity contribution is -0.271. The summed E-state index contributed by atoms with van der Waals surface area (Å²) in [7, 11) is 5.96. The molecule has 0 aliphatic carbocycles. The first-order valence-electron chi connectivity index (χ1n) is 30.9. The van der Waals surface area contributed by atoms with E-state index in [1.165, 1.54) is 44.4 Å². The Balaban J connectivity index is 1.49. The van der Waals surface area contributed by atoms with Gasteiger partial charge in [-0.25, -0.2) is 9.59 Å². The molecule has 4 rings (SSSR count). The second kappa shape index (κ2) is 35.8. The molecule has 26 nitrogen and oxygen atoms in total. The molecular formula is C63H100N8O18. The number of aliphatic hydroxyl groups excluding tert-OH is 4. The van der Waals surface area contributed by atoms with Crippen molar-refractivity contribution in [2.24, 2.45) is 35.3 Å². The molecule has 2 aromatic rings. The molecule has 2 fully saturated rings. The van der Waals surface area contributed by atoms with E-state index in [-0.39, 0.29) is 65.9 Å². The van der Waals surface area contributed by atoms with Gasteiger partial charge in [0.2, 0.25) is 41.7 Å². The number of aliphatic carboxylic acids is 1. The van der Waals surface area contributed by atoms with Gasteiger partial charge < -0.3 is 86.0 Å². The van der Waals surface area contributed by atoms with Gasteiger partial charge in [0.05, 0.1) is 54.5 Å². The van der Waals surface area contributed by atoms with Gasteiger partial charge in [-0.1, -0.05) is 105 Å². The molecule has 2 aliphatic rings. The van der Waals surface area contributed by atoms with E-state index in [1.807, 2.05) is 32.0 Å². The number of hydrogen-bond donors (Lipinski definition) is 10. The standard InChI is InChI=1S/C63H100N8O18/c1-14-36(6)50(45(85-12)32-47(73)71-30-20-24-43(71)55(86-13)38(8)58(79)66-39(9)51(74)41-22-16-15-17-23-41)69(10)60(81)48(34(2)3)68-59(80)49(35(4)5)70(11)63(84)87-33-40-25-26-44(88-62-54(77)52(75)53(76)56(89-62)61(82)83)42(31-40)67-46(72)27-29-65-57(78)37(7)21-18-19-28-64/h15-17,22-23,25-26,31,34-39,43,45,48-56,62,74-77H,14,18-21,24,27-30,32-33,64H2,1-13H3,(H,65,78)(H,66,79)(H,67,72)(H,68,80)(H,82,83)/t36-,37+,38+,39+,43?,45+,48-,49-,50-,51+,52-,53-,54+,55+,56-,62+/m0/s1. The summed E-state index contributed by atoms with van der Waals surface area (Å²) in [4.78, 5) is 114. The van der Waals surface area contributed by atoms with Gasteiger partial charge in [0.15, 0.2) is 6.10 Å². The maximum absolute atomic E-state index is 14.8. The molecule has 16 atom stereocenters. The number of nitrogens with two attached hydrogens (primary N) is 1. The summed E-state index contributed by atoms with van der Waals surface area (Å²) in [6.07, 6.45) is -9.56. The molecule has 2 heterocycles. The van der Waals surface area contributed by atoms with Crippen LogP contribution in [0.1, 0.15) is 131 Å². The normalized spacial score (nSPS) is 21.8. The number of ether oxygens (including phenoxy) is 5. The third-order valence-electron chi connectivity index (χ3n) is 17.0. The highest BCUT2D eigenvalue weighted by atomic mass is 16.7. The number of carboxylic acids is 1. The number of hydrogen-bond acceptors (Lipinski definition) is 18. The molecular weight excluding hydrogens is 1160 g/mol. The summed E-state index contributed by atoms with van der Waals surface area (Å²) >= 11 is 0. The molecule has 0 saturated carbocycles. The van der Waals surface area contributed by atoms with E-state index < -0.39 is 133 Å². The summed E-state index contributed by atoms with van der Waals surface area (Å²) in [6.45, 7) is 16.5. The second-order valence-corrected chi connectivity index (χ2v) is 24.3. The molecule has 11 N–H and O–H groups in total. The molecule has 0 radical (unpaired) electrons. The summed E-state index contributed by atoms with van der Waals surface area (Å²) in [5, 5.41) is 63.2. The van der Waals surface area contributed by atoms with Crippen molar-refractivity contribution in [2.45, 2.75) is 200 Å². The Morgan fingerprint density at radius 3 is 2.09 bits per heavy atom. The number of carboxylic acid groups (broad SMARTS) is 1. The summed E-state index contributed by atoms with van der Waals surface area (Å²) in [5.74, 6) is -6.65. The van der Waals surface area contributed by atoms with Crippen molar-refractivity contribution < 1.29 is 87.6 Å². The minimum atomic E-state index is -2.01. The predicted molar refractivity (Wildman–Crippen MR) is 328 cm³/mol. The van der Waals surface area contributed by atoms with Crippen molar-refractivity contribution in [3.63, 3.8) is 0 Å². The van der Waals surface area contributed by atoms with Crippen LogP contribution in [0.3, 0.4) is 0 Å². The third kappa shape index (κ3) is 20.5. The molecule has 0 spiro atoms. The van der Waals surface area contributed by atoms with Crippen molar-refractivity contribution in [2.75, 3.05) is 53.3 Å². The van der Waals surface area contributed by atoms with Crippen LogP contribution in [0.5, 0.6) is 5.75 Å². The maximum Gasteiger partial charge on any atom is 0.410 e. The molecule has 0 bridgehead atoms. The Labute approximate surface area is 523 Å². The Hall–Kier alpha value is -6.52. The van der Waals surface area contributed by atoms with Crippen LogP contribution in [0.25, 0.3) is 0 Å². The van der Waals surface area contributed by atoms with Crippen molar-refractivity contribution >= 4 is 53.2 Å². The van der Waals surface area contributed by atoms with Crippen LogP contribution in [-0.2, 0) is 59.1 Å². The predicted octanol–water partition coefficient (Wildman–Crippen LogP) is 3.06. The summed E-state index contributed by atoms with van der Waals surface area (Å²) in [5.41, 5.74) is 6.42. The van der Waals surface area contributed by atoms with Crippen molar-refractivity contribution in [3.05, 3.63) is 59.7 Å². The lowest BCUT2D eigenvalue weighted by atomic mass is 9.89. The van der Waals surface area contributed by atoms with Gasteiger partial charge in [-0.05, 0) is 80.2 Å². The average molecular weight is 1260 g/mol. The summed E-state index contributed by atoms with van der Waals surface area (Å²) < 4.78 is 28.9. The van der Waals surface area contributed by atoms with Gasteiger partial charge in [0.1, 0.15) is 42.8 Å². The number of rotatable bonds is 34. The van der Waals surface area contributed by atoms with Crippen LogP contribution >= 0.6 is 0 Å². The number of anilines is 1. The molecule has 2 saturated heterocycles. The maximum atomic E-state index is 14.8. The number of likely N-dealkylation sites (tertiary alicyclic amines) is 1. The topological polar surface area (TPSA) is 368 Å². The van der Waals surface area contributed by atoms with E-state index in [2.05, 4.69) is 21.3 Å². The number of carbonyl (C=O) groups is 8. The zero-order valence-electron chi connectivity index (χ0n) is 54.0. The Bertz CT molecular complexity index is 2640. The zero-order valence-corrected chi connectivity index (χ0v) is 54.0. The molecule has 500 valence electrons. The van der Waals surface area contributed by atoms with Crippen LogP contribution in [0.4, 0.5) is 10.5 Å². The van der Waals surface area contributed by atoms with E-state index in [1.54, 1.807) is 72.5 Å². The fourth-order valence-corrected chi connectivity index (χ4v) is 11.5. The van der Waals surface area contributed by atoms with Crippen molar-refractivity contribution in [1.82, 2.24) is 30.7 Å². The molecule has 2 aromatic carbocycles. The van der Waals surface area contributed by atoms with E-state index in [9.17, 15) is 63.9 Å². The fourth-order valence-electron chi connectivity index (χ4n) is 11.5. The average Bonchev–Trinajstić information content (AvgIpc) is 2.80. The molecule has 26 heteroatoms. The lowest BCUT2D eigenvalue weighted by Crippen LogP contribution is -2.61. The van der Waals surface area contributed by atoms with E-state index >= 15 is 0 Å². The highest BCUT2D eigenvalue weighted by molar-refractivity contribution is 5.93. The first-order chi connectivity index (χ1) is 42.0. The Morgan fingerprint density at radius 1 is 0.820 bits per heavy atom. The molecule has 2 aliphatic heterocycles. The van der Waals surface area contributed by atoms with Crippen LogP contribution in [0.15, 0.2) is 48.5 Å². The number of nitrogens with zero attached hydrogens (tertiary/aromatic N) is 3. The van der Waals surface area contributed by atoms with Crippen LogP contribution in [0.2, 0.25) is 0 Å². The molecule has 7 amide bonds. The zero-order chi connectivity index (χ0) is 66.6. The van der Waals surface area contributed by atoms with E-state index in [0.717, 1.165) is 17.7 Å². The third-order valence-corrected chi connectivity index (χ3v) is 17.0. The fraction of sp³-hybridized carbons (Fsp3) is 0.683. The highest BCUT2D eigenvalue weighted by Crippen LogP contribution is 2.33. The van der Waals surface area contributed by atoms with E-state index in [4.69, 9.17) is 29.4 Å². The van der Waals surface area contributed by atoms with Crippen molar-refractivity contribution in [3.8, 4) is 5.75 Å². The lowest BCUT2D eigenvalue weighted by Gasteiger charge is -2.41. The summed E-state index contributed by atoms with van der Waals surface area (Å²) in [6, 6.07) is 9.07. The number of methoxy groups -OCH3 is 2. The number of nitrogens with one attached hydrogen (secondary N) is 4. The first-order valence-corrected chi connectivity index (χ1v) is 30.9. The highest BCUT2D eigenvalue weighted by Gasteiger charge is 2.49. The van der Waals surface area contributed by atoms with Crippen LogP contribution < -0.4 is 31.7 Å². The minimum absolute atomic E-state index is 0.0467. The smallest absolute Gasteiger partial charge is 0.410 e. The Morgan fingerprint density at radius 2 is 1.49 bits per heavy atom. The molecule has 1 unspecified atom stereocenters. The molecule has 89 heavy (non-hydrogen) atoms. The number of benzene rings is 2.